The Balaban J connectivity index is 2.55. The molecule has 1 aromatic carbocycles. The lowest BCUT2D eigenvalue weighted by molar-refractivity contribution is 0.901. The standard InChI is InChI=1S/C10H12N2/c1-2-11-12-8-7-9-5-3-4-6-10(9)12/h3-8,11H,2H2,1H3. The molecule has 0 aliphatic rings. The van der Waals surface area contributed by atoms with E-state index in [1.54, 1.807) is 0 Å². The Bertz CT molecular complexity index is 376. The van der Waals surface area contributed by atoms with Gasteiger partial charge >= 0.3 is 0 Å². The second-order valence-corrected chi connectivity index (χ2v) is 2.76. The van der Waals surface area contributed by atoms with Gasteiger partial charge in [-0.2, -0.15) is 0 Å². The first-order chi connectivity index (χ1) is 5.92. The van der Waals surface area contributed by atoms with Crippen LogP contribution >= 0.6 is 0 Å². The van der Waals surface area contributed by atoms with Crippen LogP contribution in [-0.4, -0.2) is 11.2 Å². The van der Waals surface area contributed by atoms with Crippen molar-refractivity contribution in [1.82, 2.24) is 4.68 Å². The molecule has 2 nitrogen and oxygen atoms in total. The monoisotopic (exact) mass is 160 g/mol. The van der Waals surface area contributed by atoms with E-state index < -0.39 is 0 Å². The van der Waals surface area contributed by atoms with Gasteiger partial charge in [0, 0.05) is 18.1 Å². The van der Waals surface area contributed by atoms with Crippen molar-refractivity contribution < 1.29 is 0 Å². The van der Waals surface area contributed by atoms with Crippen LogP contribution in [0, 0.1) is 0 Å². The van der Waals surface area contributed by atoms with Crippen LogP contribution in [0.15, 0.2) is 36.5 Å². The van der Waals surface area contributed by atoms with Gasteiger partial charge in [-0.05, 0) is 19.1 Å². The van der Waals surface area contributed by atoms with Crippen LogP contribution in [-0.2, 0) is 0 Å². The number of benzene rings is 1. The molecule has 0 saturated carbocycles. The van der Waals surface area contributed by atoms with E-state index in [1.165, 1.54) is 10.9 Å². The molecule has 0 amide bonds. The zero-order chi connectivity index (χ0) is 8.39. The minimum absolute atomic E-state index is 0.943. The Labute approximate surface area is 71.8 Å². The van der Waals surface area contributed by atoms with E-state index in [-0.39, 0.29) is 0 Å². The summed E-state index contributed by atoms with van der Waals surface area (Å²) in [6.45, 7) is 3.04. The van der Waals surface area contributed by atoms with Crippen molar-refractivity contribution in [2.75, 3.05) is 12.0 Å². The van der Waals surface area contributed by atoms with Gasteiger partial charge in [-0.1, -0.05) is 18.2 Å². The summed E-state index contributed by atoms with van der Waals surface area (Å²) in [4.78, 5) is 0. The Morgan fingerprint density at radius 3 is 2.92 bits per heavy atom. The van der Waals surface area contributed by atoms with Gasteiger partial charge in [0.25, 0.3) is 0 Å². The molecular weight excluding hydrogens is 148 g/mol. The van der Waals surface area contributed by atoms with E-state index in [0.717, 1.165) is 6.54 Å². The van der Waals surface area contributed by atoms with Gasteiger partial charge in [0.2, 0.25) is 0 Å². The van der Waals surface area contributed by atoms with Crippen molar-refractivity contribution in [3.8, 4) is 0 Å². The Kier molecular flexibility index (Phi) is 1.74. The molecule has 12 heavy (non-hydrogen) atoms. The number of nitrogens with one attached hydrogen (secondary N) is 1. The molecule has 1 aromatic heterocycles. The largest absolute Gasteiger partial charge is 0.326 e. The molecule has 0 atom stereocenters. The highest BCUT2D eigenvalue weighted by atomic mass is 15.4. The zero-order valence-electron chi connectivity index (χ0n) is 7.12. The summed E-state index contributed by atoms with van der Waals surface area (Å²) in [5.74, 6) is 0. The van der Waals surface area contributed by atoms with Gasteiger partial charge in [0.05, 0.1) is 5.52 Å². The summed E-state index contributed by atoms with van der Waals surface area (Å²) in [7, 11) is 0. The van der Waals surface area contributed by atoms with Crippen LogP contribution in [0.5, 0.6) is 0 Å². The molecule has 0 radical (unpaired) electrons. The molecule has 0 fully saturated rings. The first-order valence-corrected chi connectivity index (χ1v) is 4.22. The molecular formula is C10H12N2. The van der Waals surface area contributed by atoms with E-state index in [9.17, 15) is 0 Å². The third-order valence-corrected chi connectivity index (χ3v) is 1.93. The smallest absolute Gasteiger partial charge is 0.0692 e. The maximum absolute atomic E-state index is 3.25. The SMILES string of the molecule is CCNn1ccc2ccccc21. The summed E-state index contributed by atoms with van der Waals surface area (Å²) < 4.78 is 2.05. The van der Waals surface area contributed by atoms with Crippen molar-refractivity contribution >= 4 is 10.9 Å². The molecule has 0 unspecified atom stereocenters. The summed E-state index contributed by atoms with van der Waals surface area (Å²) in [6.07, 6.45) is 2.05. The van der Waals surface area contributed by atoms with Crippen molar-refractivity contribution in [3.63, 3.8) is 0 Å². The summed E-state index contributed by atoms with van der Waals surface area (Å²) in [6, 6.07) is 10.4. The minimum atomic E-state index is 0.943. The third-order valence-electron chi connectivity index (χ3n) is 1.93. The van der Waals surface area contributed by atoms with Crippen molar-refractivity contribution in [2.45, 2.75) is 6.92 Å². The van der Waals surface area contributed by atoms with Gasteiger partial charge in [0.1, 0.15) is 0 Å². The number of fused-ring (bicyclic) bond motifs is 1. The van der Waals surface area contributed by atoms with E-state index in [0.29, 0.717) is 0 Å². The number of hydrogen-bond acceptors (Lipinski definition) is 1. The van der Waals surface area contributed by atoms with Crippen LogP contribution in [0.1, 0.15) is 6.92 Å². The molecule has 62 valence electrons. The van der Waals surface area contributed by atoms with Crippen molar-refractivity contribution in [2.24, 2.45) is 0 Å². The second-order valence-electron chi connectivity index (χ2n) is 2.76. The van der Waals surface area contributed by atoms with Crippen molar-refractivity contribution in [3.05, 3.63) is 36.5 Å². The van der Waals surface area contributed by atoms with Gasteiger partial charge in [-0.15, -0.1) is 0 Å². The normalized spacial score (nSPS) is 10.4. The Morgan fingerprint density at radius 1 is 1.25 bits per heavy atom. The Morgan fingerprint density at radius 2 is 2.08 bits per heavy atom. The highest BCUT2D eigenvalue weighted by Gasteiger charge is 1.96. The number of nitrogens with zero attached hydrogens (tertiary/aromatic N) is 1. The lowest BCUT2D eigenvalue weighted by Gasteiger charge is -2.05. The third kappa shape index (κ3) is 1.05. The number of rotatable bonds is 2. The average Bonchev–Trinajstić information content (AvgIpc) is 2.50. The number of hydrogen-bond donors (Lipinski definition) is 1. The predicted octanol–water partition coefficient (Wildman–Crippen LogP) is 2.20. The quantitative estimate of drug-likeness (QED) is 0.712. The van der Waals surface area contributed by atoms with Gasteiger partial charge in [-0.25, -0.2) is 0 Å². The Hall–Kier alpha value is -1.44. The predicted molar refractivity (Wildman–Crippen MR) is 51.8 cm³/mol. The van der Waals surface area contributed by atoms with Gasteiger partial charge in [0.15, 0.2) is 0 Å². The molecule has 2 aromatic rings. The van der Waals surface area contributed by atoms with Gasteiger partial charge < -0.3 is 5.43 Å². The molecule has 0 aliphatic carbocycles. The first-order valence-electron chi connectivity index (χ1n) is 4.22. The van der Waals surface area contributed by atoms with Crippen molar-refractivity contribution in [1.29, 1.82) is 0 Å². The molecule has 1 N–H and O–H groups in total. The maximum Gasteiger partial charge on any atom is 0.0692 e. The number of aromatic nitrogens is 1. The maximum atomic E-state index is 3.25. The van der Waals surface area contributed by atoms with Crippen LogP contribution in [0.3, 0.4) is 0 Å². The molecule has 0 bridgehead atoms. The molecule has 2 rings (SSSR count). The van der Waals surface area contributed by atoms with Crippen LogP contribution in [0.2, 0.25) is 0 Å². The topological polar surface area (TPSA) is 17.0 Å². The van der Waals surface area contributed by atoms with Crippen LogP contribution < -0.4 is 5.43 Å². The fraction of sp³-hybridized carbons (Fsp3) is 0.200. The molecule has 1 heterocycles. The minimum Gasteiger partial charge on any atom is -0.326 e. The zero-order valence-corrected chi connectivity index (χ0v) is 7.12. The van der Waals surface area contributed by atoms with Crippen LogP contribution in [0.25, 0.3) is 10.9 Å². The summed E-state index contributed by atoms with van der Waals surface area (Å²) in [5, 5.41) is 1.28. The van der Waals surface area contributed by atoms with E-state index in [2.05, 4.69) is 47.4 Å². The highest BCUT2D eigenvalue weighted by molar-refractivity contribution is 5.80. The fourth-order valence-electron chi connectivity index (χ4n) is 1.39. The first kappa shape index (κ1) is 7.22. The van der Waals surface area contributed by atoms with Crippen LogP contribution in [0.4, 0.5) is 0 Å². The number of para-hydroxylation sites is 1. The lowest BCUT2D eigenvalue weighted by atomic mass is 10.3. The summed E-state index contributed by atoms with van der Waals surface area (Å²) >= 11 is 0. The summed E-state index contributed by atoms with van der Waals surface area (Å²) in [5.41, 5.74) is 4.48. The van der Waals surface area contributed by atoms with E-state index in [1.807, 2.05) is 6.20 Å². The lowest BCUT2D eigenvalue weighted by Crippen LogP contribution is -2.11. The average molecular weight is 160 g/mol. The molecule has 0 spiro atoms. The van der Waals surface area contributed by atoms with E-state index in [4.69, 9.17) is 0 Å². The van der Waals surface area contributed by atoms with E-state index >= 15 is 0 Å². The molecule has 0 saturated heterocycles. The second kappa shape index (κ2) is 2.89. The fourth-order valence-corrected chi connectivity index (χ4v) is 1.39. The molecule has 2 heteroatoms. The molecule has 0 aliphatic heterocycles. The van der Waals surface area contributed by atoms with Gasteiger partial charge in [-0.3, -0.25) is 4.68 Å². The highest BCUT2D eigenvalue weighted by Crippen LogP contribution is 2.12.